The minimum absolute atomic E-state index is 0.0276. The van der Waals surface area contributed by atoms with Crippen LogP contribution in [0.5, 0.6) is 0 Å². The number of hydrogen-bond acceptors (Lipinski definition) is 5. The number of nitrogens with two attached hydrogens (primary N) is 1. The van der Waals surface area contributed by atoms with Crippen molar-refractivity contribution in [1.82, 2.24) is 4.98 Å². The lowest BCUT2D eigenvalue weighted by molar-refractivity contribution is 0.600. The molecule has 0 saturated carbocycles. The summed E-state index contributed by atoms with van der Waals surface area (Å²) in [7, 11) is -3.87. The fraction of sp³-hybridized carbons (Fsp3) is 0.0833. The highest BCUT2D eigenvalue weighted by Crippen LogP contribution is 2.23. The maximum absolute atomic E-state index is 13.0. The maximum atomic E-state index is 13.0. The second-order valence-electron chi connectivity index (χ2n) is 4.06. The second-order valence-corrected chi connectivity index (χ2v) is 5.71. The molecule has 106 valence electrons. The van der Waals surface area contributed by atoms with Crippen molar-refractivity contribution in [3.8, 4) is 0 Å². The van der Waals surface area contributed by atoms with E-state index in [1.54, 1.807) is 6.92 Å². The number of rotatable bonds is 4. The van der Waals surface area contributed by atoms with Gasteiger partial charge in [0.05, 0.1) is 5.69 Å². The molecule has 0 amide bonds. The Labute approximate surface area is 115 Å². The van der Waals surface area contributed by atoms with E-state index in [0.717, 1.165) is 0 Å². The molecular formula is C12H13FN4O2S. The quantitative estimate of drug-likeness (QED) is 0.588. The molecule has 8 heteroatoms. The second kappa shape index (κ2) is 5.43. The molecule has 0 aliphatic heterocycles. The largest absolute Gasteiger partial charge is 0.307 e. The molecule has 6 nitrogen and oxygen atoms in total. The Kier molecular flexibility index (Phi) is 3.86. The van der Waals surface area contributed by atoms with Crippen LogP contribution >= 0.6 is 0 Å². The molecular weight excluding hydrogens is 283 g/mol. The number of nitrogens with one attached hydrogen (secondary N) is 2. The number of aromatic nitrogens is 1. The van der Waals surface area contributed by atoms with Gasteiger partial charge in [-0.05, 0) is 42.8 Å². The van der Waals surface area contributed by atoms with Gasteiger partial charge in [-0.3, -0.25) is 4.72 Å². The Balaban J connectivity index is 2.41. The number of halogens is 1. The Hall–Kier alpha value is -2.19. The van der Waals surface area contributed by atoms with Crippen molar-refractivity contribution >= 4 is 21.5 Å². The Morgan fingerprint density at radius 3 is 2.70 bits per heavy atom. The summed E-state index contributed by atoms with van der Waals surface area (Å²) in [6.45, 7) is 1.60. The van der Waals surface area contributed by atoms with E-state index < -0.39 is 15.8 Å². The highest BCUT2D eigenvalue weighted by atomic mass is 32.2. The zero-order valence-corrected chi connectivity index (χ0v) is 11.4. The fourth-order valence-electron chi connectivity index (χ4n) is 1.66. The predicted molar refractivity (Wildman–Crippen MR) is 74.0 cm³/mol. The van der Waals surface area contributed by atoms with Crippen molar-refractivity contribution in [3.63, 3.8) is 0 Å². The molecule has 0 atom stereocenters. The van der Waals surface area contributed by atoms with Gasteiger partial charge in [0.15, 0.2) is 5.82 Å². The molecule has 2 aromatic rings. The van der Waals surface area contributed by atoms with Crippen LogP contribution in [0.3, 0.4) is 0 Å². The molecule has 0 aliphatic rings. The number of aryl methyl sites for hydroxylation is 1. The number of pyridine rings is 1. The van der Waals surface area contributed by atoms with E-state index in [-0.39, 0.29) is 10.7 Å². The van der Waals surface area contributed by atoms with Crippen LogP contribution in [-0.2, 0) is 10.0 Å². The van der Waals surface area contributed by atoms with Gasteiger partial charge < -0.3 is 5.43 Å². The third kappa shape index (κ3) is 2.86. The van der Waals surface area contributed by atoms with Crippen LogP contribution in [0, 0.1) is 12.7 Å². The van der Waals surface area contributed by atoms with Crippen molar-refractivity contribution in [2.24, 2.45) is 5.84 Å². The van der Waals surface area contributed by atoms with Gasteiger partial charge in [0.25, 0.3) is 10.0 Å². The average molecular weight is 296 g/mol. The lowest BCUT2D eigenvalue weighted by atomic mass is 10.2. The fourth-order valence-corrected chi connectivity index (χ4v) is 2.91. The first-order valence-electron chi connectivity index (χ1n) is 5.64. The smallest absolute Gasteiger partial charge is 0.265 e. The molecule has 1 aromatic carbocycles. The summed E-state index contributed by atoms with van der Waals surface area (Å²) < 4.78 is 39.9. The lowest BCUT2D eigenvalue weighted by Crippen LogP contribution is -2.18. The van der Waals surface area contributed by atoms with Crippen LogP contribution < -0.4 is 16.0 Å². The van der Waals surface area contributed by atoms with Crippen LogP contribution in [0.25, 0.3) is 0 Å². The molecule has 0 radical (unpaired) electrons. The third-order valence-corrected chi connectivity index (χ3v) is 4.03. The number of anilines is 2. The highest BCUT2D eigenvalue weighted by molar-refractivity contribution is 7.92. The van der Waals surface area contributed by atoms with Gasteiger partial charge in [0.2, 0.25) is 0 Å². The molecule has 0 saturated heterocycles. The topological polar surface area (TPSA) is 97.1 Å². The monoisotopic (exact) mass is 296 g/mol. The molecule has 0 spiro atoms. The van der Waals surface area contributed by atoms with E-state index in [0.29, 0.717) is 11.3 Å². The third-order valence-electron chi connectivity index (χ3n) is 2.63. The van der Waals surface area contributed by atoms with E-state index in [1.807, 2.05) is 0 Å². The minimum Gasteiger partial charge on any atom is -0.307 e. The number of hydrogen-bond donors (Lipinski definition) is 3. The highest BCUT2D eigenvalue weighted by Gasteiger charge is 2.19. The van der Waals surface area contributed by atoms with Crippen LogP contribution in [0.1, 0.15) is 5.56 Å². The van der Waals surface area contributed by atoms with Crippen LogP contribution in [0.15, 0.2) is 41.4 Å². The van der Waals surface area contributed by atoms with E-state index in [9.17, 15) is 12.8 Å². The van der Waals surface area contributed by atoms with Gasteiger partial charge in [-0.25, -0.2) is 23.6 Å². The Morgan fingerprint density at radius 1 is 1.30 bits per heavy atom. The summed E-state index contributed by atoms with van der Waals surface area (Å²) in [5, 5.41) is 0. The average Bonchev–Trinajstić information content (AvgIpc) is 2.42. The van der Waals surface area contributed by atoms with E-state index in [1.165, 1.54) is 36.5 Å². The molecule has 0 fully saturated rings. The van der Waals surface area contributed by atoms with E-state index in [2.05, 4.69) is 15.1 Å². The van der Waals surface area contributed by atoms with Gasteiger partial charge >= 0.3 is 0 Å². The van der Waals surface area contributed by atoms with Crippen molar-refractivity contribution < 1.29 is 12.8 Å². The van der Waals surface area contributed by atoms with Crippen LogP contribution in [-0.4, -0.2) is 13.4 Å². The van der Waals surface area contributed by atoms with Crippen molar-refractivity contribution in [1.29, 1.82) is 0 Å². The predicted octanol–water partition coefficient (Wildman–Crippen LogP) is 1.62. The first-order chi connectivity index (χ1) is 9.44. The van der Waals surface area contributed by atoms with E-state index >= 15 is 0 Å². The molecule has 1 aromatic heterocycles. The number of benzene rings is 1. The summed E-state index contributed by atoms with van der Waals surface area (Å²) in [5.74, 6) is 4.83. The molecule has 0 aliphatic carbocycles. The Bertz CT molecular complexity index is 734. The molecule has 2 rings (SSSR count). The van der Waals surface area contributed by atoms with Gasteiger partial charge in [-0.15, -0.1) is 0 Å². The van der Waals surface area contributed by atoms with Gasteiger partial charge in [0.1, 0.15) is 10.7 Å². The zero-order valence-electron chi connectivity index (χ0n) is 10.6. The normalized spacial score (nSPS) is 11.2. The van der Waals surface area contributed by atoms with Crippen molar-refractivity contribution in [3.05, 3.63) is 47.9 Å². The van der Waals surface area contributed by atoms with Crippen LogP contribution in [0.4, 0.5) is 15.9 Å². The van der Waals surface area contributed by atoms with Gasteiger partial charge in [0, 0.05) is 6.20 Å². The summed E-state index contributed by atoms with van der Waals surface area (Å²) in [6, 6.07) is 6.61. The van der Waals surface area contributed by atoms with Crippen molar-refractivity contribution in [2.45, 2.75) is 11.8 Å². The standard InChI is InChI=1S/C12H13FN4O2S/c1-8-7-9(13)4-5-10(8)17-20(18,19)11-3-2-6-15-12(11)16-14/h2-7,17H,14H2,1H3,(H,15,16). The summed E-state index contributed by atoms with van der Waals surface area (Å²) in [4.78, 5) is 3.73. The summed E-state index contributed by atoms with van der Waals surface area (Å²) in [6.07, 6.45) is 1.41. The summed E-state index contributed by atoms with van der Waals surface area (Å²) in [5.41, 5.74) is 2.98. The number of sulfonamides is 1. The summed E-state index contributed by atoms with van der Waals surface area (Å²) >= 11 is 0. The molecule has 0 bridgehead atoms. The molecule has 0 unspecified atom stereocenters. The first kappa shape index (κ1) is 14.2. The van der Waals surface area contributed by atoms with Crippen LogP contribution in [0.2, 0.25) is 0 Å². The number of nitrogen functional groups attached to an aromatic ring is 1. The SMILES string of the molecule is Cc1cc(F)ccc1NS(=O)(=O)c1cccnc1NN. The number of hydrazine groups is 1. The lowest BCUT2D eigenvalue weighted by Gasteiger charge is -2.12. The maximum Gasteiger partial charge on any atom is 0.265 e. The van der Waals surface area contributed by atoms with E-state index in [4.69, 9.17) is 5.84 Å². The zero-order chi connectivity index (χ0) is 14.8. The Morgan fingerprint density at radius 2 is 2.05 bits per heavy atom. The number of nitrogens with zero attached hydrogens (tertiary/aromatic N) is 1. The molecule has 20 heavy (non-hydrogen) atoms. The minimum atomic E-state index is -3.87. The molecule has 4 N–H and O–H groups in total. The van der Waals surface area contributed by atoms with Gasteiger partial charge in [-0.2, -0.15) is 0 Å². The molecule has 1 heterocycles. The van der Waals surface area contributed by atoms with Gasteiger partial charge in [-0.1, -0.05) is 0 Å². The first-order valence-corrected chi connectivity index (χ1v) is 7.13. The van der Waals surface area contributed by atoms with Crippen molar-refractivity contribution in [2.75, 3.05) is 10.1 Å².